The van der Waals surface area contributed by atoms with Crippen LogP contribution in [0.1, 0.15) is 25.7 Å². The van der Waals surface area contributed by atoms with Gasteiger partial charge in [-0.2, -0.15) is 0 Å². The van der Waals surface area contributed by atoms with E-state index >= 15 is 0 Å². The van der Waals surface area contributed by atoms with Gasteiger partial charge in [-0.3, -0.25) is 0 Å². The van der Waals surface area contributed by atoms with Crippen molar-refractivity contribution in [3.63, 3.8) is 0 Å². The second kappa shape index (κ2) is 6.83. The number of hydrogen-bond acceptors (Lipinski definition) is 0. The van der Waals surface area contributed by atoms with Crippen molar-refractivity contribution in [1.82, 2.24) is 0 Å². The van der Waals surface area contributed by atoms with E-state index in [9.17, 15) is 0 Å². The third kappa shape index (κ3) is 2.18. The highest BCUT2D eigenvalue weighted by molar-refractivity contribution is 6.66. The number of fused-ring (bicyclic) bond motifs is 10. The smallest absolute Gasteiger partial charge is 0.109 e. The maximum absolute atomic E-state index is 7.02. The molecule has 8 atom stereocenters. The molecule has 0 heterocycles. The van der Waals surface area contributed by atoms with Crippen LogP contribution in [0.15, 0.2) is 20.1 Å². The number of rotatable bonds is 0. The standard InChI is InChI=1S/C18H12Cl12/c19-9-10(20)15(25)7-3-4-8-6(2-1-5(7)13(9,23)17(15,27)28)14(24)11(21)12(22)16(8,26)18(14,29)30/h5-8H,1-4H2/t5-,6-,7-,8+,13-,14-,15+,16+/m1/s1. The summed E-state index contributed by atoms with van der Waals surface area (Å²) in [5, 5.41) is 0.765. The lowest BCUT2D eigenvalue weighted by atomic mass is 9.67. The minimum atomic E-state index is -1.58. The molecule has 3 fully saturated rings. The third-order valence-electron chi connectivity index (χ3n) is 8.08. The zero-order valence-electron chi connectivity index (χ0n) is 14.7. The average Bonchev–Trinajstić information content (AvgIpc) is 2.96. The molecule has 4 bridgehead atoms. The van der Waals surface area contributed by atoms with Crippen LogP contribution >= 0.6 is 139 Å². The summed E-state index contributed by atoms with van der Waals surface area (Å²) < 4.78 is -3.17. The number of halogens is 12. The van der Waals surface area contributed by atoms with Crippen molar-refractivity contribution < 1.29 is 0 Å². The number of alkyl halides is 8. The summed E-state index contributed by atoms with van der Waals surface area (Å²) in [5.74, 6) is -0.976. The summed E-state index contributed by atoms with van der Waals surface area (Å²) in [6, 6.07) is 0. The van der Waals surface area contributed by atoms with Gasteiger partial charge in [0.2, 0.25) is 0 Å². The van der Waals surface area contributed by atoms with Crippen molar-refractivity contribution in [2.45, 2.75) is 53.8 Å². The first-order valence-corrected chi connectivity index (χ1v) is 13.8. The summed E-state index contributed by atoms with van der Waals surface area (Å²) in [6.45, 7) is 0. The lowest BCUT2D eigenvalue weighted by Crippen LogP contribution is -2.45. The van der Waals surface area contributed by atoms with Gasteiger partial charge in [-0.15, -0.1) is 46.4 Å². The molecule has 30 heavy (non-hydrogen) atoms. The topological polar surface area (TPSA) is 0 Å². The van der Waals surface area contributed by atoms with Crippen LogP contribution in [0.25, 0.3) is 0 Å². The second-order valence-corrected chi connectivity index (χ2v) is 15.4. The van der Waals surface area contributed by atoms with Gasteiger partial charge in [0.1, 0.15) is 19.5 Å². The van der Waals surface area contributed by atoms with E-state index in [0.717, 1.165) is 0 Å². The summed E-state index contributed by atoms with van der Waals surface area (Å²) in [6.07, 6.45) is 2.22. The minimum absolute atomic E-state index is 0.191. The Morgan fingerprint density at radius 3 is 0.733 bits per heavy atom. The van der Waals surface area contributed by atoms with Gasteiger partial charge in [0.25, 0.3) is 0 Å². The molecule has 168 valence electrons. The van der Waals surface area contributed by atoms with Gasteiger partial charge in [-0.05, 0) is 49.4 Å². The molecule has 0 nitrogen and oxygen atoms in total. The maximum atomic E-state index is 7.02. The van der Waals surface area contributed by atoms with Crippen molar-refractivity contribution in [3.8, 4) is 0 Å². The van der Waals surface area contributed by atoms with E-state index in [-0.39, 0.29) is 43.8 Å². The number of hydrogen-bond donors (Lipinski definition) is 0. The van der Waals surface area contributed by atoms with Crippen LogP contribution in [0.2, 0.25) is 0 Å². The van der Waals surface area contributed by atoms with E-state index in [2.05, 4.69) is 0 Å². The molecular formula is C18H12Cl12. The van der Waals surface area contributed by atoms with E-state index in [4.69, 9.17) is 139 Å². The average molecular weight is 654 g/mol. The lowest BCUT2D eigenvalue weighted by molar-refractivity contribution is 0.175. The van der Waals surface area contributed by atoms with Gasteiger partial charge in [-0.1, -0.05) is 92.8 Å². The maximum Gasteiger partial charge on any atom is 0.166 e. The van der Waals surface area contributed by atoms with Crippen LogP contribution in [0.5, 0.6) is 0 Å². The van der Waals surface area contributed by atoms with Crippen LogP contribution in [-0.4, -0.2) is 28.2 Å². The molecule has 5 aliphatic carbocycles. The van der Waals surface area contributed by atoms with E-state index < -0.39 is 28.2 Å². The zero-order chi connectivity index (χ0) is 22.4. The van der Waals surface area contributed by atoms with Crippen molar-refractivity contribution in [2.75, 3.05) is 0 Å². The molecule has 0 aromatic heterocycles. The summed E-state index contributed by atoms with van der Waals surface area (Å²) >= 11 is 81.3. The Morgan fingerprint density at radius 1 is 0.400 bits per heavy atom. The predicted molar refractivity (Wildman–Crippen MR) is 133 cm³/mol. The monoisotopic (exact) mass is 648 g/mol. The molecule has 12 heteroatoms. The fourth-order valence-electron chi connectivity index (χ4n) is 6.73. The molecule has 5 aliphatic rings. The van der Waals surface area contributed by atoms with Crippen molar-refractivity contribution in [3.05, 3.63) is 20.1 Å². The van der Waals surface area contributed by atoms with Gasteiger partial charge < -0.3 is 0 Å². The number of allylic oxidation sites excluding steroid dienone is 4. The third-order valence-corrected chi connectivity index (χ3v) is 16.8. The fraction of sp³-hybridized carbons (Fsp3) is 0.778. The quantitative estimate of drug-likeness (QED) is 0.229. The van der Waals surface area contributed by atoms with Crippen LogP contribution in [0, 0.1) is 23.7 Å². The highest BCUT2D eigenvalue weighted by atomic mass is 35.5. The van der Waals surface area contributed by atoms with Crippen molar-refractivity contribution in [1.29, 1.82) is 0 Å². The molecule has 0 aromatic rings. The Hall–Kier alpha value is 2.96. The molecule has 0 spiro atoms. The normalized spacial score (nSPS) is 55.6. The highest BCUT2D eigenvalue weighted by Crippen LogP contribution is 2.81. The van der Waals surface area contributed by atoms with Crippen molar-refractivity contribution >= 4 is 139 Å². The molecule has 3 saturated carbocycles. The summed E-state index contributed by atoms with van der Waals surface area (Å²) in [4.78, 5) is -5.28. The minimum Gasteiger partial charge on any atom is -0.109 e. The van der Waals surface area contributed by atoms with Gasteiger partial charge in [0, 0.05) is 0 Å². The Balaban J connectivity index is 1.62. The first kappa shape index (κ1) is 24.6. The largest absolute Gasteiger partial charge is 0.166 e. The van der Waals surface area contributed by atoms with Gasteiger partial charge in [0.05, 0.1) is 20.1 Å². The molecule has 0 unspecified atom stereocenters. The molecule has 0 N–H and O–H groups in total. The molecular weight excluding hydrogens is 642 g/mol. The molecule has 0 aliphatic heterocycles. The Morgan fingerprint density at radius 2 is 0.567 bits per heavy atom. The lowest BCUT2D eigenvalue weighted by Gasteiger charge is -2.44. The second-order valence-electron chi connectivity index (χ2n) is 8.83. The Kier molecular flexibility index (Phi) is 5.61. The molecule has 0 radical (unpaired) electrons. The van der Waals surface area contributed by atoms with Gasteiger partial charge >= 0.3 is 0 Å². The van der Waals surface area contributed by atoms with Crippen LogP contribution in [-0.2, 0) is 0 Å². The predicted octanol–water partition coefficient (Wildman–Crippen LogP) is 9.72. The van der Waals surface area contributed by atoms with E-state index in [0.29, 0.717) is 25.7 Å². The van der Waals surface area contributed by atoms with Gasteiger partial charge in [-0.25, -0.2) is 0 Å². The highest BCUT2D eigenvalue weighted by Gasteiger charge is 2.85. The molecule has 0 amide bonds. The van der Waals surface area contributed by atoms with Gasteiger partial charge in [0.15, 0.2) is 8.67 Å². The van der Waals surface area contributed by atoms with Crippen LogP contribution in [0.4, 0.5) is 0 Å². The first-order valence-electron chi connectivity index (χ1n) is 9.22. The van der Waals surface area contributed by atoms with E-state index in [1.165, 1.54) is 0 Å². The van der Waals surface area contributed by atoms with Crippen LogP contribution < -0.4 is 0 Å². The molecule has 5 rings (SSSR count). The molecule has 0 saturated heterocycles. The van der Waals surface area contributed by atoms with E-state index in [1.54, 1.807) is 0 Å². The first-order chi connectivity index (χ1) is 13.6. The summed E-state index contributed by atoms with van der Waals surface area (Å²) in [5.41, 5.74) is 0. The zero-order valence-corrected chi connectivity index (χ0v) is 23.7. The van der Waals surface area contributed by atoms with Crippen molar-refractivity contribution in [2.24, 2.45) is 23.7 Å². The fourth-order valence-corrected chi connectivity index (χ4v) is 13.0. The molecule has 0 aromatic carbocycles. The Bertz CT molecular complexity index is 782. The van der Waals surface area contributed by atoms with Crippen LogP contribution in [0.3, 0.4) is 0 Å². The SMILES string of the molecule is ClC1=C(Cl)[C@]2(Cl)[C@@H]3CC[C@@H]4[C@H](CC[C@H]3[C@@]1(Cl)C2(Cl)Cl)[C@]1(Cl)C(Cl)=C(Cl)[C@@]4(Cl)C1(Cl)Cl. The van der Waals surface area contributed by atoms with E-state index in [1.807, 2.05) is 0 Å². The Labute approximate surface area is 234 Å². The summed E-state index contributed by atoms with van der Waals surface area (Å²) in [7, 11) is 0.